The molecule has 0 radical (unpaired) electrons. The summed E-state index contributed by atoms with van der Waals surface area (Å²) in [4.78, 5) is 0. The number of benzene rings is 2. The predicted octanol–water partition coefficient (Wildman–Crippen LogP) is 5.59. The zero-order chi connectivity index (χ0) is 19.0. The van der Waals surface area contributed by atoms with Crippen molar-refractivity contribution in [2.24, 2.45) is 0 Å². The molecular formula is C16H15ClF3IO3S. The van der Waals surface area contributed by atoms with Crippen LogP contribution in [0.2, 0.25) is 5.02 Å². The Morgan fingerprint density at radius 3 is 2.08 bits per heavy atom. The Morgan fingerprint density at radius 1 is 1.04 bits per heavy atom. The fraction of sp³-hybridized carbons (Fsp3) is 0.250. The van der Waals surface area contributed by atoms with Crippen molar-refractivity contribution in [3.63, 3.8) is 0 Å². The molecule has 2 rings (SSSR count). The van der Waals surface area contributed by atoms with Gasteiger partial charge in [0.15, 0.2) is 0 Å². The van der Waals surface area contributed by atoms with Gasteiger partial charge in [-0.25, -0.2) is 0 Å². The maximum atomic E-state index is 12.9. The molecule has 0 spiro atoms. The van der Waals surface area contributed by atoms with Crippen LogP contribution in [-0.4, -0.2) is 13.9 Å². The van der Waals surface area contributed by atoms with Crippen LogP contribution in [0.3, 0.4) is 0 Å². The average Bonchev–Trinajstić information content (AvgIpc) is 2.43. The Morgan fingerprint density at radius 2 is 1.60 bits per heavy atom. The molecule has 0 aliphatic heterocycles. The van der Waals surface area contributed by atoms with Crippen molar-refractivity contribution in [2.45, 2.75) is 26.3 Å². The van der Waals surface area contributed by atoms with Crippen LogP contribution in [0.4, 0.5) is 13.2 Å². The molecule has 0 aliphatic rings. The van der Waals surface area contributed by atoms with Gasteiger partial charge >= 0.3 is 158 Å². The van der Waals surface area contributed by atoms with Crippen molar-refractivity contribution in [1.82, 2.24) is 0 Å². The van der Waals surface area contributed by atoms with Gasteiger partial charge in [0.05, 0.1) is 0 Å². The van der Waals surface area contributed by atoms with E-state index in [1.54, 1.807) is 44.2 Å². The van der Waals surface area contributed by atoms with E-state index in [2.05, 4.69) is 0 Å². The van der Waals surface area contributed by atoms with Gasteiger partial charge in [0, 0.05) is 0 Å². The molecule has 3 nitrogen and oxygen atoms in total. The molecule has 0 aliphatic carbocycles. The molecule has 9 heteroatoms. The fourth-order valence-electron chi connectivity index (χ4n) is 2.30. The van der Waals surface area contributed by atoms with Crippen LogP contribution in [0.1, 0.15) is 16.7 Å². The molecule has 25 heavy (non-hydrogen) atoms. The molecule has 0 bridgehead atoms. The Balaban J connectivity index is 2.67. The number of rotatable bonds is 4. The first-order valence-corrected chi connectivity index (χ1v) is 11.8. The van der Waals surface area contributed by atoms with E-state index >= 15 is 0 Å². The van der Waals surface area contributed by atoms with Crippen LogP contribution in [-0.2, 0) is 12.6 Å². The summed E-state index contributed by atoms with van der Waals surface area (Å²) in [6.45, 7) is 5.32. The molecule has 0 unspecified atom stereocenters. The third-order valence-corrected chi connectivity index (χ3v) is 11.2. The van der Waals surface area contributed by atoms with Gasteiger partial charge < -0.3 is 0 Å². The minimum absolute atomic E-state index is 0.301. The first-order valence-electron chi connectivity index (χ1n) is 6.97. The number of hydrogen-bond donors (Lipinski definition) is 0. The van der Waals surface area contributed by atoms with E-state index < -0.39 is 35.9 Å². The van der Waals surface area contributed by atoms with Gasteiger partial charge in [0.25, 0.3) is 0 Å². The average molecular weight is 507 g/mol. The zero-order valence-corrected chi connectivity index (χ0v) is 17.2. The number of aryl methyl sites for hydroxylation is 3. The van der Waals surface area contributed by atoms with E-state index in [4.69, 9.17) is 14.1 Å². The molecule has 0 aromatic heterocycles. The molecular weight excluding hydrogens is 492 g/mol. The Kier molecular flexibility index (Phi) is 6.07. The Labute approximate surface area is 157 Å². The van der Waals surface area contributed by atoms with Crippen molar-refractivity contribution in [2.75, 3.05) is 0 Å². The quantitative estimate of drug-likeness (QED) is 0.401. The van der Waals surface area contributed by atoms with Crippen molar-refractivity contribution in [3.05, 3.63) is 65.3 Å². The Bertz CT molecular complexity index is 875. The maximum absolute atomic E-state index is 12.9. The van der Waals surface area contributed by atoms with Crippen LogP contribution in [0.25, 0.3) is 0 Å². The van der Waals surface area contributed by atoms with Crippen molar-refractivity contribution < 1.29 is 24.1 Å². The van der Waals surface area contributed by atoms with Crippen LogP contribution < -0.4 is 0 Å². The van der Waals surface area contributed by atoms with Gasteiger partial charge in [-0.05, 0) is 0 Å². The summed E-state index contributed by atoms with van der Waals surface area (Å²) in [6.07, 6.45) is 0. The summed E-state index contributed by atoms with van der Waals surface area (Å²) < 4.78 is 67.5. The normalized spacial score (nSPS) is 13.0. The number of hydrogen-bond acceptors (Lipinski definition) is 3. The summed E-state index contributed by atoms with van der Waals surface area (Å²) in [5, 5.41) is 0.301. The number of halogens is 5. The van der Waals surface area contributed by atoms with E-state index in [1.807, 2.05) is 6.92 Å². The molecule has 0 heterocycles. The molecule has 0 N–H and O–H groups in total. The summed E-state index contributed by atoms with van der Waals surface area (Å²) in [5.41, 5.74) is -3.16. The topological polar surface area (TPSA) is 43.4 Å². The molecule has 0 atom stereocenters. The summed E-state index contributed by atoms with van der Waals surface area (Å²) in [7, 11) is -5.72. The second kappa shape index (κ2) is 7.42. The zero-order valence-electron chi connectivity index (χ0n) is 13.5. The van der Waals surface area contributed by atoms with E-state index in [1.165, 1.54) is 6.07 Å². The van der Waals surface area contributed by atoms with E-state index in [9.17, 15) is 21.6 Å². The first-order chi connectivity index (χ1) is 11.4. The molecule has 138 valence electrons. The van der Waals surface area contributed by atoms with Crippen LogP contribution in [0, 0.1) is 27.9 Å². The van der Waals surface area contributed by atoms with Gasteiger partial charge in [0.1, 0.15) is 0 Å². The van der Waals surface area contributed by atoms with E-state index in [0.29, 0.717) is 23.3 Å². The van der Waals surface area contributed by atoms with Crippen LogP contribution in [0.15, 0.2) is 36.4 Å². The fourth-order valence-corrected chi connectivity index (χ4v) is 9.87. The van der Waals surface area contributed by atoms with Crippen LogP contribution in [0.5, 0.6) is 0 Å². The second-order valence-electron chi connectivity index (χ2n) is 5.36. The van der Waals surface area contributed by atoms with Gasteiger partial charge in [0.2, 0.25) is 0 Å². The van der Waals surface area contributed by atoms with Gasteiger partial charge in [-0.3, -0.25) is 0 Å². The van der Waals surface area contributed by atoms with E-state index in [-0.39, 0.29) is 0 Å². The first kappa shape index (κ1) is 20.5. The molecule has 0 saturated heterocycles. The standard InChI is InChI=1S/C16H15ClF3IO3S/c1-10-7-11(2)15(12(3)8-10)21(14-6-4-5-13(17)9-14)24-25(22,23)16(18,19)20/h4-9H,1-3H3. The van der Waals surface area contributed by atoms with Gasteiger partial charge in [-0.1, -0.05) is 0 Å². The summed E-state index contributed by atoms with van der Waals surface area (Å²) in [6, 6.07) is 9.71. The predicted molar refractivity (Wildman–Crippen MR) is 99.6 cm³/mol. The van der Waals surface area contributed by atoms with Crippen molar-refractivity contribution >= 4 is 42.0 Å². The molecule has 0 saturated carbocycles. The van der Waals surface area contributed by atoms with Crippen LogP contribution >= 0.6 is 31.8 Å². The van der Waals surface area contributed by atoms with E-state index in [0.717, 1.165) is 5.56 Å². The third kappa shape index (κ3) is 4.66. The molecule has 0 amide bonds. The SMILES string of the molecule is Cc1cc(C)c(I(OS(=O)(=O)C(F)(F)F)c2cccc(Cl)c2)c(C)c1. The molecule has 0 fully saturated rings. The minimum atomic E-state index is -5.72. The monoisotopic (exact) mass is 506 g/mol. The third-order valence-electron chi connectivity index (χ3n) is 3.17. The number of alkyl halides is 3. The van der Waals surface area contributed by atoms with Gasteiger partial charge in [-0.15, -0.1) is 0 Å². The van der Waals surface area contributed by atoms with Gasteiger partial charge in [-0.2, -0.15) is 0 Å². The summed E-state index contributed by atoms with van der Waals surface area (Å²) in [5.74, 6) is 0. The van der Waals surface area contributed by atoms with Crippen molar-refractivity contribution in [3.8, 4) is 0 Å². The Hall–Kier alpha value is -0.840. The van der Waals surface area contributed by atoms with Crippen molar-refractivity contribution in [1.29, 1.82) is 0 Å². The second-order valence-corrected chi connectivity index (χ2v) is 12.1. The summed E-state index contributed by atoms with van der Waals surface area (Å²) >= 11 is 2.52. The molecule has 2 aromatic carbocycles. The molecule has 2 aromatic rings.